The Bertz CT molecular complexity index is 926. The minimum Gasteiger partial charge on any atom is -0.252 e. The van der Waals surface area contributed by atoms with Crippen LogP contribution < -0.4 is 0 Å². The van der Waals surface area contributed by atoms with E-state index in [4.69, 9.17) is 15.0 Å². The molecule has 124 valence electrons. The molecule has 0 radical (unpaired) electrons. The van der Waals surface area contributed by atoms with E-state index in [0.29, 0.717) is 6.42 Å². The number of nitrogens with zero attached hydrogens (tertiary/aromatic N) is 3. The summed E-state index contributed by atoms with van der Waals surface area (Å²) in [5.41, 5.74) is 8.27. The van der Waals surface area contributed by atoms with Gasteiger partial charge in [0.05, 0.1) is 17.1 Å². The van der Waals surface area contributed by atoms with Gasteiger partial charge in [0.2, 0.25) is 0 Å². The first-order valence-corrected chi connectivity index (χ1v) is 8.81. The number of rotatable bonds is 0. The van der Waals surface area contributed by atoms with Gasteiger partial charge < -0.3 is 0 Å². The molecule has 5 rings (SSSR count). The average molecular weight is 335 g/mol. The highest BCUT2D eigenvalue weighted by Gasteiger charge is 2.09. The third-order valence-electron chi connectivity index (χ3n) is 4.65. The Balaban J connectivity index is 1.73. The minimum absolute atomic E-state index is 0.709. The third kappa shape index (κ3) is 2.88. The fourth-order valence-corrected chi connectivity index (χ4v) is 3.42. The molecule has 3 aromatic heterocycles. The molecule has 1 aromatic carbocycles. The van der Waals surface area contributed by atoms with Crippen LogP contribution in [0.2, 0.25) is 0 Å². The van der Waals surface area contributed by atoms with Gasteiger partial charge in [0.25, 0.3) is 0 Å². The van der Waals surface area contributed by atoms with Crippen LogP contribution in [-0.4, -0.2) is 15.0 Å². The van der Waals surface area contributed by atoms with Crippen molar-refractivity contribution in [2.24, 2.45) is 0 Å². The van der Waals surface area contributed by atoms with Crippen LogP contribution in [0.25, 0.3) is 22.6 Å². The molecule has 0 saturated heterocycles. The Morgan fingerprint density at radius 1 is 0.500 bits per heavy atom. The number of fused-ring (bicyclic) bond motifs is 10. The van der Waals surface area contributed by atoms with E-state index in [0.717, 1.165) is 46.1 Å². The van der Waals surface area contributed by atoms with Crippen LogP contribution in [0.15, 0.2) is 78.9 Å². The van der Waals surface area contributed by atoms with E-state index in [1.54, 1.807) is 0 Å². The van der Waals surface area contributed by atoms with Crippen molar-refractivity contribution in [2.45, 2.75) is 12.8 Å². The molecule has 3 heteroatoms. The quantitative estimate of drug-likeness (QED) is 0.412. The summed E-state index contributed by atoms with van der Waals surface area (Å²) in [6.45, 7) is 0. The number of pyridine rings is 3. The van der Waals surface area contributed by atoms with E-state index in [9.17, 15) is 0 Å². The van der Waals surface area contributed by atoms with E-state index in [2.05, 4.69) is 54.6 Å². The SMILES string of the molecule is c1cc2cc(c1)-c1cccc(n1)Cc1cccc(n1)-c1cccc(n1)C2. The first kappa shape index (κ1) is 15.0. The van der Waals surface area contributed by atoms with Gasteiger partial charge in [-0.3, -0.25) is 15.0 Å². The number of aromatic nitrogens is 3. The number of benzene rings is 1. The third-order valence-corrected chi connectivity index (χ3v) is 4.65. The second-order valence-corrected chi connectivity index (χ2v) is 6.60. The molecule has 0 unspecified atom stereocenters. The summed E-state index contributed by atoms with van der Waals surface area (Å²) in [5, 5.41) is 0. The Labute approximate surface area is 152 Å². The summed E-state index contributed by atoms with van der Waals surface area (Å²) >= 11 is 0. The van der Waals surface area contributed by atoms with Crippen molar-refractivity contribution in [2.75, 3.05) is 0 Å². The first-order valence-electron chi connectivity index (χ1n) is 8.81. The standard InChI is InChI=1S/C23H17N3/c1-5-16-13-17(6-1)21-10-2-8-19(24-21)15-20-9-4-12-23(26-20)22-11-3-7-18(14-16)25-22/h1-13H,14-15H2. The summed E-state index contributed by atoms with van der Waals surface area (Å²) in [6.07, 6.45) is 1.50. The predicted octanol–water partition coefficient (Wildman–Crippen LogP) is 4.70. The highest BCUT2D eigenvalue weighted by molar-refractivity contribution is 5.61. The molecule has 1 aliphatic rings. The van der Waals surface area contributed by atoms with E-state index in [1.165, 1.54) is 5.56 Å². The molecule has 0 N–H and O–H groups in total. The van der Waals surface area contributed by atoms with Crippen molar-refractivity contribution in [1.29, 1.82) is 0 Å². The van der Waals surface area contributed by atoms with Gasteiger partial charge in [-0.05, 0) is 48.0 Å². The molecule has 26 heavy (non-hydrogen) atoms. The first-order chi connectivity index (χ1) is 12.8. The van der Waals surface area contributed by atoms with Gasteiger partial charge in [0.1, 0.15) is 0 Å². The van der Waals surface area contributed by atoms with E-state index >= 15 is 0 Å². The second-order valence-electron chi connectivity index (χ2n) is 6.60. The van der Waals surface area contributed by atoms with E-state index < -0.39 is 0 Å². The minimum atomic E-state index is 0.709. The van der Waals surface area contributed by atoms with Crippen molar-refractivity contribution in [3.8, 4) is 22.6 Å². The maximum Gasteiger partial charge on any atom is 0.0889 e. The molecule has 8 bridgehead atoms. The normalized spacial score (nSPS) is 12.3. The van der Waals surface area contributed by atoms with Crippen LogP contribution in [0, 0.1) is 0 Å². The Hall–Kier alpha value is -3.33. The maximum atomic E-state index is 4.86. The van der Waals surface area contributed by atoms with Gasteiger partial charge in [0.15, 0.2) is 0 Å². The summed E-state index contributed by atoms with van der Waals surface area (Å²) in [6, 6.07) is 27.0. The van der Waals surface area contributed by atoms with Crippen LogP contribution >= 0.6 is 0 Å². The molecule has 3 nitrogen and oxygen atoms in total. The van der Waals surface area contributed by atoms with Gasteiger partial charge in [-0.1, -0.05) is 36.4 Å². The molecule has 0 spiro atoms. The summed E-state index contributed by atoms with van der Waals surface area (Å²) in [7, 11) is 0. The lowest BCUT2D eigenvalue weighted by molar-refractivity contribution is 1.00. The van der Waals surface area contributed by atoms with Crippen LogP contribution in [0.5, 0.6) is 0 Å². The highest BCUT2D eigenvalue weighted by Crippen LogP contribution is 2.23. The van der Waals surface area contributed by atoms with Crippen molar-refractivity contribution < 1.29 is 0 Å². The van der Waals surface area contributed by atoms with Gasteiger partial charge >= 0.3 is 0 Å². The molecule has 0 fully saturated rings. The lowest BCUT2D eigenvalue weighted by atomic mass is 10.0. The van der Waals surface area contributed by atoms with Gasteiger partial charge in [-0.25, -0.2) is 0 Å². The van der Waals surface area contributed by atoms with Crippen LogP contribution in [-0.2, 0) is 12.8 Å². The molecular formula is C23H17N3. The van der Waals surface area contributed by atoms with Crippen LogP contribution in [0.3, 0.4) is 0 Å². The Morgan fingerprint density at radius 2 is 1.04 bits per heavy atom. The lowest BCUT2D eigenvalue weighted by Gasteiger charge is -2.10. The summed E-state index contributed by atoms with van der Waals surface area (Å²) < 4.78 is 0. The molecule has 0 saturated carbocycles. The van der Waals surface area contributed by atoms with E-state index in [1.807, 2.05) is 24.3 Å². The van der Waals surface area contributed by atoms with Gasteiger partial charge in [-0.15, -0.1) is 0 Å². The van der Waals surface area contributed by atoms with Crippen molar-refractivity contribution in [3.63, 3.8) is 0 Å². The second kappa shape index (κ2) is 6.19. The zero-order valence-corrected chi connectivity index (χ0v) is 14.3. The maximum absolute atomic E-state index is 4.86. The van der Waals surface area contributed by atoms with E-state index in [-0.39, 0.29) is 0 Å². The molecule has 4 aromatic rings. The lowest BCUT2D eigenvalue weighted by Crippen LogP contribution is -2.00. The van der Waals surface area contributed by atoms with Crippen molar-refractivity contribution >= 4 is 0 Å². The molecule has 0 amide bonds. The Morgan fingerprint density at radius 3 is 1.73 bits per heavy atom. The van der Waals surface area contributed by atoms with Gasteiger partial charge in [0, 0.05) is 35.5 Å². The van der Waals surface area contributed by atoms with Crippen LogP contribution in [0.1, 0.15) is 22.6 Å². The van der Waals surface area contributed by atoms with Crippen molar-refractivity contribution in [1.82, 2.24) is 15.0 Å². The predicted molar refractivity (Wildman–Crippen MR) is 103 cm³/mol. The fourth-order valence-electron chi connectivity index (χ4n) is 3.42. The zero-order chi connectivity index (χ0) is 17.3. The van der Waals surface area contributed by atoms with Gasteiger partial charge in [-0.2, -0.15) is 0 Å². The fraction of sp³-hybridized carbons (Fsp3) is 0.0870. The summed E-state index contributed by atoms with van der Waals surface area (Å²) in [4.78, 5) is 14.5. The molecular weight excluding hydrogens is 318 g/mol. The zero-order valence-electron chi connectivity index (χ0n) is 14.3. The number of hydrogen-bond acceptors (Lipinski definition) is 3. The molecule has 4 heterocycles. The monoisotopic (exact) mass is 335 g/mol. The average Bonchev–Trinajstić information content (AvgIpc) is 2.68. The Kier molecular flexibility index (Phi) is 3.56. The topological polar surface area (TPSA) is 38.7 Å². The van der Waals surface area contributed by atoms with Crippen molar-refractivity contribution in [3.05, 3.63) is 102 Å². The molecule has 1 aliphatic heterocycles. The molecule has 0 atom stereocenters. The smallest absolute Gasteiger partial charge is 0.0889 e. The molecule has 0 aliphatic carbocycles. The van der Waals surface area contributed by atoms with Crippen LogP contribution in [0.4, 0.5) is 0 Å². The summed E-state index contributed by atoms with van der Waals surface area (Å²) in [5.74, 6) is 0. The highest BCUT2D eigenvalue weighted by atomic mass is 14.8. The largest absolute Gasteiger partial charge is 0.252 e. The number of hydrogen-bond donors (Lipinski definition) is 0.